The second-order valence-electron chi connectivity index (χ2n) is 16.4. The maximum absolute atomic E-state index is 12.7. The lowest BCUT2D eigenvalue weighted by atomic mass is 10.0. The highest BCUT2D eigenvalue weighted by Gasteiger charge is 2.19. The molecule has 0 saturated heterocycles. The molecule has 0 amide bonds. The average Bonchev–Trinajstić information content (AvgIpc) is 3.17. The number of hydrogen-bond acceptors (Lipinski definition) is 6. The highest BCUT2D eigenvalue weighted by molar-refractivity contribution is 5.71. The zero-order valence-electron chi connectivity index (χ0n) is 36.5. The van der Waals surface area contributed by atoms with Gasteiger partial charge in [-0.2, -0.15) is 0 Å². The molecule has 1 atom stereocenters. The summed E-state index contributed by atoms with van der Waals surface area (Å²) >= 11 is 0. The molecule has 54 heavy (non-hydrogen) atoms. The largest absolute Gasteiger partial charge is 0.462 e. The zero-order valence-corrected chi connectivity index (χ0v) is 36.5. The van der Waals surface area contributed by atoms with Crippen LogP contribution < -0.4 is 0 Å². The van der Waals surface area contributed by atoms with Crippen LogP contribution >= 0.6 is 0 Å². The van der Waals surface area contributed by atoms with Gasteiger partial charge in [-0.15, -0.1) is 0 Å². The Morgan fingerprint density at radius 3 is 0.741 bits per heavy atom. The third kappa shape index (κ3) is 41.6. The Hall–Kier alpha value is -1.59. The summed E-state index contributed by atoms with van der Waals surface area (Å²) in [6.07, 6.45) is 45.1. The van der Waals surface area contributed by atoms with E-state index in [1.54, 1.807) is 0 Å². The Morgan fingerprint density at radius 1 is 0.296 bits per heavy atom. The average molecular weight is 765 g/mol. The third-order valence-electron chi connectivity index (χ3n) is 10.9. The molecule has 0 radical (unpaired) electrons. The summed E-state index contributed by atoms with van der Waals surface area (Å²) in [4.78, 5) is 37.7. The summed E-state index contributed by atoms with van der Waals surface area (Å²) < 4.78 is 16.7. The van der Waals surface area contributed by atoms with Crippen LogP contribution in [0.4, 0.5) is 0 Å². The van der Waals surface area contributed by atoms with Crippen LogP contribution in [0.1, 0.15) is 271 Å². The first-order valence-corrected chi connectivity index (χ1v) is 24.0. The zero-order chi connectivity index (χ0) is 39.4. The van der Waals surface area contributed by atoms with Crippen molar-refractivity contribution in [1.82, 2.24) is 0 Å². The van der Waals surface area contributed by atoms with Gasteiger partial charge in [0, 0.05) is 19.3 Å². The maximum Gasteiger partial charge on any atom is 0.306 e. The summed E-state index contributed by atoms with van der Waals surface area (Å²) in [6.45, 7) is 6.65. The fourth-order valence-electron chi connectivity index (χ4n) is 7.21. The number of ether oxygens (including phenoxy) is 3. The predicted molar refractivity (Wildman–Crippen MR) is 229 cm³/mol. The summed E-state index contributed by atoms with van der Waals surface area (Å²) in [6, 6.07) is 0. The number of esters is 3. The minimum Gasteiger partial charge on any atom is -0.462 e. The molecule has 0 spiro atoms. The minimum atomic E-state index is -0.758. The topological polar surface area (TPSA) is 78.9 Å². The summed E-state index contributed by atoms with van der Waals surface area (Å²) in [5, 5.41) is 0. The van der Waals surface area contributed by atoms with E-state index in [9.17, 15) is 14.4 Å². The standard InChI is InChI=1S/C48H92O6/c1-4-7-10-13-16-19-22-23-24-25-27-30-33-36-39-42-48(51)54-45(43-52-46(49)40-37-34-31-28-21-18-15-12-9-6-3)44-53-47(50)41-38-35-32-29-26-20-17-14-11-8-5-2/h45H,4-44H2,1-3H3/t45-/m1/s1. The van der Waals surface area contributed by atoms with Crippen molar-refractivity contribution in [3.63, 3.8) is 0 Å². The monoisotopic (exact) mass is 765 g/mol. The van der Waals surface area contributed by atoms with Gasteiger partial charge in [-0.25, -0.2) is 0 Å². The normalized spacial score (nSPS) is 11.8. The van der Waals surface area contributed by atoms with Crippen LogP contribution in [0.25, 0.3) is 0 Å². The van der Waals surface area contributed by atoms with E-state index in [2.05, 4.69) is 20.8 Å². The number of carbonyl (C=O) groups excluding carboxylic acids is 3. The Labute approximate surface area is 336 Å². The van der Waals surface area contributed by atoms with Crippen LogP contribution in [0.3, 0.4) is 0 Å². The van der Waals surface area contributed by atoms with Crippen molar-refractivity contribution in [3.8, 4) is 0 Å². The number of hydrogen-bond donors (Lipinski definition) is 0. The molecule has 6 heteroatoms. The lowest BCUT2D eigenvalue weighted by Gasteiger charge is -2.18. The van der Waals surface area contributed by atoms with Gasteiger partial charge in [-0.3, -0.25) is 14.4 Å². The van der Waals surface area contributed by atoms with Crippen LogP contribution in [-0.2, 0) is 28.6 Å². The van der Waals surface area contributed by atoms with E-state index in [0.29, 0.717) is 19.3 Å². The Morgan fingerprint density at radius 2 is 0.500 bits per heavy atom. The molecular weight excluding hydrogens is 673 g/mol. The van der Waals surface area contributed by atoms with Crippen molar-refractivity contribution < 1.29 is 28.6 Å². The van der Waals surface area contributed by atoms with Gasteiger partial charge in [-0.1, -0.05) is 233 Å². The lowest BCUT2D eigenvalue weighted by molar-refractivity contribution is -0.167. The minimum absolute atomic E-state index is 0.0625. The lowest BCUT2D eigenvalue weighted by Crippen LogP contribution is -2.30. The highest BCUT2D eigenvalue weighted by atomic mass is 16.6. The van der Waals surface area contributed by atoms with Crippen molar-refractivity contribution in [2.75, 3.05) is 13.2 Å². The van der Waals surface area contributed by atoms with Gasteiger partial charge in [0.1, 0.15) is 13.2 Å². The summed E-state index contributed by atoms with van der Waals surface area (Å²) in [5.74, 6) is -0.849. The first-order valence-electron chi connectivity index (χ1n) is 24.0. The van der Waals surface area contributed by atoms with Crippen molar-refractivity contribution in [1.29, 1.82) is 0 Å². The molecule has 6 nitrogen and oxygen atoms in total. The Kier molecular flexibility index (Phi) is 42.8. The molecule has 0 heterocycles. The molecule has 0 bridgehead atoms. The molecule has 0 aliphatic carbocycles. The molecule has 0 aliphatic heterocycles. The Balaban J connectivity index is 4.30. The first kappa shape index (κ1) is 52.4. The van der Waals surface area contributed by atoms with Crippen molar-refractivity contribution >= 4 is 17.9 Å². The fraction of sp³-hybridized carbons (Fsp3) is 0.938. The maximum atomic E-state index is 12.7. The van der Waals surface area contributed by atoms with E-state index < -0.39 is 6.10 Å². The second-order valence-corrected chi connectivity index (χ2v) is 16.4. The number of unbranched alkanes of at least 4 members (excludes halogenated alkanes) is 33. The molecule has 0 aliphatic rings. The van der Waals surface area contributed by atoms with Crippen LogP contribution in [-0.4, -0.2) is 37.2 Å². The summed E-state index contributed by atoms with van der Waals surface area (Å²) in [7, 11) is 0. The number of rotatable bonds is 44. The van der Waals surface area contributed by atoms with Gasteiger partial charge in [0.15, 0.2) is 6.10 Å². The third-order valence-corrected chi connectivity index (χ3v) is 10.9. The van der Waals surface area contributed by atoms with E-state index in [1.807, 2.05) is 0 Å². The van der Waals surface area contributed by atoms with Crippen molar-refractivity contribution in [2.45, 2.75) is 277 Å². The van der Waals surface area contributed by atoms with E-state index in [4.69, 9.17) is 14.2 Å². The van der Waals surface area contributed by atoms with Gasteiger partial charge in [0.05, 0.1) is 0 Å². The van der Waals surface area contributed by atoms with Crippen molar-refractivity contribution in [3.05, 3.63) is 0 Å². The predicted octanol–water partition coefficient (Wildman–Crippen LogP) is 15.3. The van der Waals surface area contributed by atoms with Gasteiger partial charge in [0.25, 0.3) is 0 Å². The second kappa shape index (κ2) is 44.1. The van der Waals surface area contributed by atoms with E-state index in [1.165, 1.54) is 173 Å². The van der Waals surface area contributed by atoms with E-state index in [0.717, 1.165) is 57.8 Å². The molecule has 0 unspecified atom stereocenters. The van der Waals surface area contributed by atoms with Crippen molar-refractivity contribution in [2.24, 2.45) is 0 Å². The SMILES string of the molecule is CCCCCCCCCCCCCCCCCC(=O)O[C@H](COC(=O)CCCCCCCCCCCC)COC(=O)CCCCCCCCCCCCC. The van der Waals surface area contributed by atoms with Gasteiger partial charge in [0.2, 0.25) is 0 Å². The van der Waals surface area contributed by atoms with Gasteiger partial charge >= 0.3 is 17.9 Å². The summed E-state index contributed by atoms with van der Waals surface area (Å²) in [5.41, 5.74) is 0. The first-order chi connectivity index (χ1) is 26.5. The highest BCUT2D eigenvalue weighted by Crippen LogP contribution is 2.16. The van der Waals surface area contributed by atoms with E-state index in [-0.39, 0.29) is 31.1 Å². The smallest absolute Gasteiger partial charge is 0.306 e. The van der Waals surface area contributed by atoms with Crippen LogP contribution in [0.2, 0.25) is 0 Å². The van der Waals surface area contributed by atoms with Crippen LogP contribution in [0, 0.1) is 0 Å². The molecule has 0 aromatic carbocycles. The Bertz CT molecular complexity index is 798. The fourth-order valence-corrected chi connectivity index (χ4v) is 7.21. The molecule has 0 saturated carbocycles. The quantitative estimate of drug-likeness (QED) is 0.0349. The molecule has 0 rings (SSSR count). The molecule has 0 aromatic rings. The van der Waals surface area contributed by atoms with Crippen LogP contribution in [0.15, 0.2) is 0 Å². The molecule has 0 N–H and O–H groups in total. The number of carbonyl (C=O) groups is 3. The van der Waals surface area contributed by atoms with Gasteiger partial charge < -0.3 is 14.2 Å². The van der Waals surface area contributed by atoms with E-state index >= 15 is 0 Å². The molecule has 0 aromatic heterocycles. The molecule has 320 valence electrons. The molecular formula is C48H92O6. The molecule has 0 fully saturated rings. The van der Waals surface area contributed by atoms with Crippen LogP contribution in [0.5, 0.6) is 0 Å². The van der Waals surface area contributed by atoms with Gasteiger partial charge in [-0.05, 0) is 19.3 Å².